The van der Waals surface area contributed by atoms with Crippen LogP contribution in [0.25, 0.3) is 0 Å². The molecule has 0 aliphatic carbocycles. The predicted octanol–water partition coefficient (Wildman–Crippen LogP) is 4.37. The zero-order chi connectivity index (χ0) is 30.8. The molecular formula is C35H46N6O2. The molecule has 0 aromatic heterocycles. The topological polar surface area (TPSA) is 123 Å². The van der Waals surface area contributed by atoms with Crippen molar-refractivity contribution < 1.29 is 9.59 Å². The van der Waals surface area contributed by atoms with E-state index < -0.39 is 6.04 Å². The molecule has 0 spiro atoms. The summed E-state index contributed by atoms with van der Waals surface area (Å²) in [4.78, 5) is 29.0. The first kappa shape index (κ1) is 31.8. The number of nitrogens with zero attached hydrogens (tertiary/aromatic N) is 1. The number of amides is 2. The lowest BCUT2D eigenvalue weighted by Gasteiger charge is -2.29. The molecule has 0 saturated carbocycles. The van der Waals surface area contributed by atoms with Crippen LogP contribution in [0.1, 0.15) is 73.0 Å². The van der Waals surface area contributed by atoms with E-state index >= 15 is 0 Å². The lowest BCUT2D eigenvalue weighted by Crippen LogP contribution is -2.49. The van der Waals surface area contributed by atoms with Crippen LogP contribution in [-0.2, 0) is 10.2 Å². The van der Waals surface area contributed by atoms with Crippen molar-refractivity contribution in [2.75, 3.05) is 26.2 Å². The van der Waals surface area contributed by atoms with Gasteiger partial charge in [0.25, 0.3) is 5.91 Å². The average Bonchev–Trinajstić information content (AvgIpc) is 3.15. The summed E-state index contributed by atoms with van der Waals surface area (Å²) in [5.41, 5.74) is 9.62. The average molecular weight is 583 g/mol. The fraction of sp³-hybridized carbons (Fsp3) is 0.400. The van der Waals surface area contributed by atoms with Crippen LogP contribution in [-0.4, -0.2) is 60.9 Å². The molecule has 2 atom stereocenters. The minimum absolute atomic E-state index is 0.0205. The highest BCUT2D eigenvalue weighted by Crippen LogP contribution is 2.27. The molecule has 1 saturated heterocycles. The number of carbonyl (C=O) groups excluding carboxylic acids is 2. The van der Waals surface area contributed by atoms with Gasteiger partial charge < -0.3 is 26.6 Å². The van der Waals surface area contributed by atoms with Crippen molar-refractivity contribution in [2.24, 2.45) is 5.73 Å². The van der Waals surface area contributed by atoms with Crippen molar-refractivity contribution in [3.8, 4) is 0 Å². The van der Waals surface area contributed by atoms with Crippen LogP contribution < -0.4 is 21.7 Å². The second-order valence-electron chi connectivity index (χ2n) is 12.4. The molecule has 0 bridgehead atoms. The zero-order valence-electron chi connectivity index (χ0n) is 25.6. The molecule has 6 N–H and O–H groups in total. The smallest absolute Gasteiger partial charge is 0.251 e. The molecule has 4 rings (SSSR count). The summed E-state index contributed by atoms with van der Waals surface area (Å²) < 4.78 is 0. The number of rotatable bonds is 11. The molecule has 1 heterocycles. The molecule has 2 amide bonds. The van der Waals surface area contributed by atoms with E-state index in [0.717, 1.165) is 0 Å². The molecule has 3 aromatic carbocycles. The van der Waals surface area contributed by atoms with Crippen molar-refractivity contribution in [1.29, 1.82) is 5.41 Å². The third-order valence-electron chi connectivity index (χ3n) is 8.11. The van der Waals surface area contributed by atoms with Crippen LogP contribution in [0.15, 0.2) is 84.9 Å². The number of guanidine groups is 1. The van der Waals surface area contributed by atoms with Gasteiger partial charge in [0.1, 0.15) is 0 Å². The zero-order valence-corrected chi connectivity index (χ0v) is 25.6. The van der Waals surface area contributed by atoms with Gasteiger partial charge in [-0.3, -0.25) is 15.0 Å². The van der Waals surface area contributed by atoms with E-state index in [1.54, 1.807) is 0 Å². The Morgan fingerprint density at radius 2 is 1.58 bits per heavy atom. The van der Waals surface area contributed by atoms with Crippen LogP contribution in [0.2, 0.25) is 0 Å². The number of nitrogens with two attached hydrogens (primary N) is 1. The fourth-order valence-electron chi connectivity index (χ4n) is 5.59. The highest BCUT2D eigenvalue weighted by molar-refractivity contribution is 5.94. The molecule has 1 aliphatic heterocycles. The summed E-state index contributed by atoms with van der Waals surface area (Å²) in [6.07, 6.45) is 1.99. The summed E-state index contributed by atoms with van der Waals surface area (Å²) >= 11 is 0. The Bertz CT molecular complexity index is 1300. The third-order valence-corrected chi connectivity index (χ3v) is 8.11. The van der Waals surface area contributed by atoms with E-state index in [4.69, 9.17) is 11.1 Å². The van der Waals surface area contributed by atoms with E-state index in [1.165, 1.54) is 16.7 Å². The van der Waals surface area contributed by atoms with E-state index in [1.807, 2.05) is 65.6 Å². The van der Waals surface area contributed by atoms with Gasteiger partial charge in [-0.25, -0.2) is 0 Å². The first-order valence-corrected chi connectivity index (χ1v) is 15.2. The summed E-state index contributed by atoms with van der Waals surface area (Å²) in [6, 6.07) is 28.0. The standard InChI is InChI=1S/C35H46N6O2/c1-35(2,3)28-18-16-27(17-19-28)32(42)39-23-29-20-22-41(33(43)31(40-29)15-10-21-38-34(36)37)24-30(25-11-6-4-7-12-25)26-13-8-5-9-14-26/h4-9,11-14,16-19,29-31,40H,10,15,20-24H2,1-3H3,(H,39,42)(H4,36,37,38). The summed E-state index contributed by atoms with van der Waals surface area (Å²) in [6.45, 7) is 8.55. The number of nitrogens with one attached hydrogen (secondary N) is 4. The largest absolute Gasteiger partial charge is 0.370 e. The van der Waals surface area contributed by atoms with Crippen molar-refractivity contribution in [3.05, 3.63) is 107 Å². The third kappa shape index (κ3) is 9.16. The Kier molecular flexibility index (Phi) is 11.0. The van der Waals surface area contributed by atoms with Gasteiger partial charge in [-0.2, -0.15) is 0 Å². The maximum atomic E-state index is 14.0. The summed E-state index contributed by atoms with van der Waals surface area (Å²) in [5, 5.41) is 16.9. The van der Waals surface area contributed by atoms with E-state index in [0.29, 0.717) is 51.0 Å². The summed E-state index contributed by atoms with van der Waals surface area (Å²) in [7, 11) is 0. The van der Waals surface area contributed by atoms with Gasteiger partial charge in [-0.15, -0.1) is 0 Å². The first-order chi connectivity index (χ1) is 20.6. The Morgan fingerprint density at radius 1 is 0.977 bits per heavy atom. The molecule has 1 fully saturated rings. The van der Waals surface area contributed by atoms with Crippen LogP contribution in [0.3, 0.4) is 0 Å². The van der Waals surface area contributed by atoms with Gasteiger partial charge >= 0.3 is 0 Å². The molecule has 228 valence electrons. The predicted molar refractivity (Wildman–Crippen MR) is 173 cm³/mol. The van der Waals surface area contributed by atoms with Crippen molar-refractivity contribution >= 4 is 17.8 Å². The van der Waals surface area contributed by atoms with Crippen molar-refractivity contribution in [1.82, 2.24) is 20.9 Å². The van der Waals surface area contributed by atoms with E-state index in [9.17, 15) is 9.59 Å². The Labute approximate surface area is 256 Å². The Balaban J connectivity index is 1.48. The molecule has 1 aliphatic rings. The fourth-order valence-corrected chi connectivity index (χ4v) is 5.59. The highest BCUT2D eigenvalue weighted by Gasteiger charge is 2.32. The molecule has 8 nitrogen and oxygen atoms in total. The maximum absolute atomic E-state index is 14.0. The van der Waals surface area contributed by atoms with Crippen molar-refractivity contribution in [3.63, 3.8) is 0 Å². The van der Waals surface area contributed by atoms with E-state index in [2.05, 4.69) is 61.0 Å². The van der Waals surface area contributed by atoms with Gasteiger partial charge in [0.05, 0.1) is 6.04 Å². The molecule has 3 aromatic rings. The van der Waals surface area contributed by atoms with Crippen LogP contribution in [0, 0.1) is 5.41 Å². The molecule has 2 unspecified atom stereocenters. The Hall–Kier alpha value is -4.17. The molecule has 0 radical (unpaired) electrons. The lowest BCUT2D eigenvalue weighted by atomic mass is 9.87. The molecule has 43 heavy (non-hydrogen) atoms. The van der Waals surface area contributed by atoms with E-state index in [-0.39, 0.29) is 35.1 Å². The van der Waals surface area contributed by atoms with Crippen molar-refractivity contribution in [2.45, 2.75) is 63.5 Å². The highest BCUT2D eigenvalue weighted by atomic mass is 16.2. The van der Waals surface area contributed by atoms with Gasteiger partial charge in [0.15, 0.2) is 5.96 Å². The summed E-state index contributed by atoms with van der Waals surface area (Å²) in [5.74, 6) is -0.0958. The Morgan fingerprint density at radius 3 is 2.14 bits per heavy atom. The quantitative estimate of drug-likeness (QED) is 0.131. The second kappa shape index (κ2) is 14.8. The van der Waals surface area contributed by atoms with Crippen LogP contribution in [0.4, 0.5) is 0 Å². The second-order valence-corrected chi connectivity index (χ2v) is 12.4. The van der Waals surface area contributed by atoms with Crippen LogP contribution >= 0.6 is 0 Å². The minimum atomic E-state index is -0.406. The van der Waals surface area contributed by atoms with Gasteiger partial charge in [-0.1, -0.05) is 93.6 Å². The number of carbonyl (C=O) groups is 2. The van der Waals surface area contributed by atoms with Gasteiger partial charge in [0, 0.05) is 43.7 Å². The van der Waals surface area contributed by atoms with Gasteiger partial charge in [0.2, 0.25) is 5.91 Å². The number of hydrogen-bond acceptors (Lipinski definition) is 4. The maximum Gasteiger partial charge on any atom is 0.251 e. The number of benzene rings is 3. The monoisotopic (exact) mass is 582 g/mol. The van der Waals surface area contributed by atoms with Gasteiger partial charge in [-0.05, 0) is 53.5 Å². The lowest BCUT2D eigenvalue weighted by molar-refractivity contribution is -0.133. The minimum Gasteiger partial charge on any atom is -0.370 e. The molecular weight excluding hydrogens is 536 g/mol. The molecule has 8 heteroatoms. The van der Waals surface area contributed by atoms with Crippen LogP contribution in [0.5, 0.6) is 0 Å². The SMILES string of the molecule is CC(C)(C)c1ccc(C(=O)NCC2CCN(CC(c3ccccc3)c3ccccc3)C(=O)C(CCCNC(=N)N)N2)cc1. The first-order valence-electron chi connectivity index (χ1n) is 15.2. The number of hydrogen-bond donors (Lipinski definition) is 5. The normalized spacial score (nSPS) is 17.4.